The van der Waals surface area contributed by atoms with Crippen molar-refractivity contribution in [3.05, 3.63) is 29.6 Å². The van der Waals surface area contributed by atoms with Crippen LogP contribution in [0.15, 0.2) is 22.7 Å². The topological polar surface area (TPSA) is 74.2 Å². The number of nitrogen functional groups attached to an aromatic ring is 1. The van der Waals surface area contributed by atoms with Crippen LogP contribution in [0.5, 0.6) is 0 Å². The molecule has 0 saturated carbocycles. The van der Waals surface area contributed by atoms with E-state index < -0.39 is 0 Å². The van der Waals surface area contributed by atoms with Gasteiger partial charge in [0.15, 0.2) is 0 Å². The number of rotatable bonds is 3. The van der Waals surface area contributed by atoms with Gasteiger partial charge in [-0.3, -0.25) is 0 Å². The Kier molecular flexibility index (Phi) is 3.10. The van der Waals surface area contributed by atoms with Gasteiger partial charge in [0.25, 0.3) is 5.89 Å². The number of hydrogen-bond acceptors (Lipinski definition) is 5. The highest BCUT2D eigenvalue weighted by Crippen LogP contribution is 2.28. The minimum absolute atomic E-state index is 0.197. The number of aryl methyl sites for hydroxylation is 1. The first-order valence-electron chi connectivity index (χ1n) is 5.35. The van der Waals surface area contributed by atoms with E-state index in [4.69, 9.17) is 15.0 Å². The molecule has 0 saturated heterocycles. The molecule has 1 aromatic carbocycles. The number of anilines is 1. The first kappa shape index (κ1) is 11.6. The van der Waals surface area contributed by atoms with Crippen LogP contribution in [-0.4, -0.2) is 17.3 Å². The summed E-state index contributed by atoms with van der Waals surface area (Å²) in [7, 11) is 1.60. The second-order valence-electron chi connectivity index (χ2n) is 3.87. The standard InChI is InChI=1S/C12H15N3O2/c1-7-5-4-6-9(13)10(7)12-14-11(15-17-12)8(2)16-3/h4-6,8H,13H2,1-3H3. The fraction of sp³-hybridized carbons (Fsp3) is 0.333. The van der Waals surface area contributed by atoms with Crippen molar-refractivity contribution >= 4 is 5.69 Å². The number of ether oxygens (including phenoxy) is 1. The van der Waals surface area contributed by atoms with Crippen molar-refractivity contribution in [1.29, 1.82) is 0 Å². The average molecular weight is 233 g/mol. The lowest BCUT2D eigenvalue weighted by Gasteiger charge is -2.04. The largest absolute Gasteiger partial charge is 0.398 e. The summed E-state index contributed by atoms with van der Waals surface area (Å²) in [5, 5.41) is 3.88. The van der Waals surface area contributed by atoms with E-state index in [0.717, 1.165) is 11.1 Å². The van der Waals surface area contributed by atoms with Crippen molar-refractivity contribution in [2.45, 2.75) is 20.0 Å². The van der Waals surface area contributed by atoms with E-state index in [1.54, 1.807) is 7.11 Å². The van der Waals surface area contributed by atoms with Gasteiger partial charge in [-0.1, -0.05) is 17.3 Å². The van der Waals surface area contributed by atoms with E-state index in [-0.39, 0.29) is 6.10 Å². The summed E-state index contributed by atoms with van der Waals surface area (Å²) in [5.74, 6) is 0.949. The number of hydrogen-bond donors (Lipinski definition) is 1. The van der Waals surface area contributed by atoms with Crippen molar-refractivity contribution in [3.63, 3.8) is 0 Å². The molecule has 0 spiro atoms. The summed E-state index contributed by atoms with van der Waals surface area (Å²) in [6.45, 7) is 3.81. The maximum atomic E-state index is 5.91. The molecule has 5 nitrogen and oxygen atoms in total. The normalized spacial score (nSPS) is 12.6. The molecule has 0 radical (unpaired) electrons. The molecule has 2 rings (SSSR count). The van der Waals surface area contributed by atoms with Crippen molar-refractivity contribution in [3.8, 4) is 11.5 Å². The van der Waals surface area contributed by atoms with Crippen molar-refractivity contribution in [2.24, 2.45) is 0 Å². The number of methoxy groups -OCH3 is 1. The Morgan fingerprint density at radius 1 is 1.41 bits per heavy atom. The van der Waals surface area contributed by atoms with Crippen LogP contribution >= 0.6 is 0 Å². The number of nitrogens with two attached hydrogens (primary N) is 1. The van der Waals surface area contributed by atoms with Crippen LogP contribution in [-0.2, 0) is 4.74 Å². The van der Waals surface area contributed by atoms with E-state index >= 15 is 0 Å². The fourth-order valence-electron chi connectivity index (χ4n) is 1.59. The molecule has 1 atom stereocenters. The predicted molar refractivity (Wildman–Crippen MR) is 64.3 cm³/mol. The van der Waals surface area contributed by atoms with Gasteiger partial charge in [-0.2, -0.15) is 4.98 Å². The van der Waals surface area contributed by atoms with Crippen molar-refractivity contribution in [1.82, 2.24) is 10.1 Å². The molecule has 0 fully saturated rings. The molecule has 0 aliphatic heterocycles. The molecule has 1 heterocycles. The highest BCUT2D eigenvalue weighted by atomic mass is 16.5. The molecule has 0 aliphatic carbocycles. The summed E-state index contributed by atoms with van der Waals surface area (Å²) >= 11 is 0. The van der Waals surface area contributed by atoms with Gasteiger partial charge < -0.3 is 15.0 Å². The molecule has 2 aromatic rings. The minimum Gasteiger partial charge on any atom is -0.398 e. The third-order valence-electron chi connectivity index (χ3n) is 2.68. The first-order valence-corrected chi connectivity index (χ1v) is 5.35. The minimum atomic E-state index is -0.197. The Labute approximate surface area is 99.6 Å². The quantitative estimate of drug-likeness (QED) is 0.823. The monoisotopic (exact) mass is 233 g/mol. The lowest BCUT2D eigenvalue weighted by Crippen LogP contribution is -1.98. The lowest BCUT2D eigenvalue weighted by molar-refractivity contribution is 0.109. The first-order chi connectivity index (χ1) is 8.13. The zero-order valence-electron chi connectivity index (χ0n) is 10.1. The molecule has 17 heavy (non-hydrogen) atoms. The van der Waals surface area contributed by atoms with Gasteiger partial charge >= 0.3 is 0 Å². The zero-order valence-corrected chi connectivity index (χ0v) is 10.1. The molecule has 90 valence electrons. The Hall–Kier alpha value is -1.88. The third-order valence-corrected chi connectivity index (χ3v) is 2.68. The zero-order chi connectivity index (χ0) is 12.4. The highest BCUT2D eigenvalue weighted by molar-refractivity contribution is 5.73. The Morgan fingerprint density at radius 2 is 2.18 bits per heavy atom. The molecular weight excluding hydrogens is 218 g/mol. The van der Waals surface area contributed by atoms with Gasteiger partial charge in [0, 0.05) is 12.8 Å². The average Bonchev–Trinajstić information content (AvgIpc) is 2.77. The third kappa shape index (κ3) is 2.14. The molecular formula is C12H15N3O2. The van der Waals surface area contributed by atoms with E-state index in [0.29, 0.717) is 17.4 Å². The molecule has 1 aromatic heterocycles. The maximum Gasteiger partial charge on any atom is 0.260 e. The molecule has 1 unspecified atom stereocenters. The number of benzene rings is 1. The van der Waals surface area contributed by atoms with Gasteiger partial charge in [-0.15, -0.1) is 0 Å². The SMILES string of the molecule is COC(C)c1noc(-c2c(C)cccc2N)n1. The lowest BCUT2D eigenvalue weighted by atomic mass is 10.1. The summed E-state index contributed by atoms with van der Waals surface area (Å²) in [4.78, 5) is 4.29. The second-order valence-corrected chi connectivity index (χ2v) is 3.87. The maximum absolute atomic E-state index is 5.91. The molecule has 0 bridgehead atoms. The van der Waals surface area contributed by atoms with Crippen LogP contribution < -0.4 is 5.73 Å². The van der Waals surface area contributed by atoms with E-state index in [2.05, 4.69) is 10.1 Å². The number of nitrogens with zero attached hydrogens (tertiary/aromatic N) is 2. The molecule has 2 N–H and O–H groups in total. The number of aromatic nitrogens is 2. The molecule has 5 heteroatoms. The van der Waals surface area contributed by atoms with Crippen LogP contribution in [0.25, 0.3) is 11.5 Å². The van der Waals surface area contributed by atoms with E-state index in [1.165, 1.54) is 0 Å². The summed E-state index contributed by atoms with van der Waals surface area (Å²) < 4.78 is 10.3. The van der Waals surface area contributed by atoms with E-state index in [9.17, 15) is 0 Å². The highest BCUT2D eigenvalue weighted by Gasteiger charge is 2.17. The van der Waals surface area contributed by atoms with Crippen LogP contribution in [0.2, 0.25) is 0 Å². The predicted octanol–water partition coefficient (Wildman–Crippen LogP) is 2.33. The van der Waals surface area contributed by atoms with Crippen LogP contribution in [0.1, 0.15) is 24.4 Å². The fourth-order valence-corrected chi connectivity index (χ4v) is 1.59. The molecule has 0 aliphatic rings. The summed E-state index contributed by atoms with van der Waals surface area (Å²) in [6.07, 6.45) is -0.197. The van der Waals surface area contributed by atoms with Crippen molar-refractivity contribution in [2.75, 3.05) is 12.8 Å². The summed E-state index contributed by atoms with van der Waals surface area (Å²) in [5.41, 5.74) is 8.33. The smallest absolute Gasteiger partial charge is 0.260 e. The second kappa shape index (κ2) is 4.55. The van der Waals surface area contributed by atoms with Crippen LogP contribution in [0.3, 0.4) is 0 Å². The van der Waals surface area contributed by atoms with Crippen LogP contribution in [0, 0.1) is 6.92 Å². The Balaban J connectivity index is 2.44. The van der Waals surface area contributed by atoms with E-state index in [1.807, 2.05) is 32.0 Å². The van der Waals surface area contributed by atoms with Crippen molar-refractivity contribution < 1.29 is 9.26 Å². The van der Waals surface area contributed by atoms with Gasteiger partial charge in [-0.05, 0) is 25.5 Å². The Morgan fingerprint density at radius 3 is 2.82 bits per heavy atom. The Bertz CT molecular complexity index is 502. The van der Waals surface area contributed by atoms with Gasteiger partial charge in [0.1, 0.15) is 6.10 Å². The van der Waals surface area contributed by atoms with Gasteiger partial charge in [0.2, 0.25) is 5.82 Å². The van der Waals surface area contributed by atoms with Gasteiger partial charge in [-0.25, -0.2) is 0 Å². The van der Waals surface area contributed by atoms with Crippen LogP contribution in [0.4, 0.5) is 5.69 Å². The van der Waals surface area contributed by atoms with Gasteiger partial charge in [0.05, 0.1) is 5.56 Å². The molecule has 0 amide bonds. The summed E-state index contributed by atoms with van der Waals surface area (Å²) in [6, 6.07) is 5.66.